The van der Waals surface area contributed by atoms with Crippen molar-refractivity contribution in [3.05, 3.63) is 76.5 Å². The molecule has 0 aliphatic heterocycles. The number of hydrogen-bond acceptors (Lipinski definition) is 6. The Morgan fingerprint density at radius 2 is 1.77 bits per heavy atom. The van der Waals surface area contributed by atoms with Gasteiger partial charge in [-0.25, -0.2) is 18.4 Å². The van der Waals surface area contributed by atoms with Gasteiger partial charge in [-0.3, -0.25) is 4.79 Å². The lowest BCUT2D eigenvalue weighted by Crippen LogP contribution is -2.28. The van der Waals surface area contributed by atoms with Gasteiger partial charge in [0, 0.05) is 29.7 Å². The van der Waals surface area contributed by atoms with E-state index in [4.69, 9.17) is 9.47 Å². The Morgan fingerprint density at radius 3 is 2.54 bits per heavy atom. The normalized spacial score (nSPS) is 11.2. The topological polar surface area (TPSA) is 104 Å². The molecule has 1 amide bonds. The smallest absolute Gasteiger partial charge is 0.350 e. The summed E-state index contributed by atoms with van der Waals surface area (Å²) in [5.74, 6) is 0.633. The minimum atomic E-state index is -0.417. The van der Waals surface area contributed by atoms with Crippen molar-refractivity contribution in [2.45, 2.75) is 20.4 Å². The van der Waals surface area contributed by atoms with Crippen LogP contribution in [0.2, 0.25) is 0 Å². The van der Waals surface area contributed by atoms with Crippen molar-refractivity contribution in [1.82, 2.24) is 23.8 Å². The van der Waals surface area contributed by atoms with Gasteiger partial charge in [0.1, 0.15) is 12.1 Å². The van der Waals surface area contributed by atoms with E-state index < -0.39 is 11.6 Å². The minimum absolute atomic E-state index is 0.251. The Hall–Kier alpha value is -4.60. The molecular weight excluding hydrogens is 448 g/mol. The first-order chi connectivity index (χ1) is 16.9. The number of rotatable bonds is 6. The number of hydrogen-bond donors (Lipinski definition) is 1. The highest BCUT2D eigenvalue weighted by Gasteiger charge is 2.16. The molecule has 5 aromatic rings. The first-order valence-corrected chi connectivity index (χ1v) is 10.9. The van der Waals surface area contributed by atoms with Gasteiger partial charge in [0.15, 0.2) is 17.1 Å². The van der Waals surface area contributed by atoms with Crippen LogP contribution in [0.15, 0.2) is 59.7 Å². The summed E-state index contributed by atoms with van der Waals surface area (Å²) in [5.41, 5.74) is 5.22. The maximum absolute atomic E-state index is 12.9. The van der Waals surface area contributed by atoms with Gasteiger partial charge >= 0.3 is 5.69 Å². The Kier molecular flexibility index (Phi) is 5.48. The standard InChI is InChI=1S/C25H24N6O4/c1-15-5-6-16(2)18(11-15)19-13-20-24-28-31(25(33)29(24)9-10-30(20)27-19)14-23(32)26-17-7-8-21(34-3)22(12-17)35-4/h5-13H,14H2,1-4H3,(H,26,32). The van der Waals surface area contributed by atoms with Crippen molar-refractivity contribution >= 4 is 22.8 Å². The van der Waals surface area contributed by atoms with Crippen molar-refractivity contribution in [2.75, 3.05) is 19.5 Å². The van der Waals surface area contributed by atoms with Crippen LogP contribution < -0.4 is 20.5 Å². The predicted octanol–water partition coefficient (Wildman–Crippen LogP) is 3.08. The van der Waals surface area contributed by atoms with Crippen LogP contribution in [-0.4, -0.2) is 43.9 Å². The van der Waals surface area contributed by atoms with E-state index >= 15 is 0 Å². The fraction of sp³-hybridized carbons (Fsp3) is 0.200. The average Bonchev–Trinajstić information content (AvgIpc) is 3.41. The molecule has 0 fully saturated rings. The maximum atomic E-state index is 12.9. The summed E-state index contributed by atoms with van der Waals surface area (Å²) in [6, 6.07) is 13.1. The van der Waals surface area contributed by atoms with Crippen molar-refractivity contribution < 1.29 is 14.3 Å². The summed E-state index contributed by atoms with van der Waals surface area (Å²) < 4.78 is 14.7. The summed E-state index contributed by atoms with van der Waals surface area (Å²) in [4.78, 5) is 25.6. The molecule has 0 atom stereocenters. The van der Waals surface area contributed by atoms with Crippen molar-refractivity contribution in [3.8, 4) is 22.8 Å². The molecule has 5 rings (SSSR count). The van der Waals surface area contributed by atoms with Gasteiger partial charge in [-0.1, -0.05) is 17.7 Å². The largest absolute Gasteiger partial charge is 0.493 e. The van der Waals surface area contributed by atoms with Gasteiger partial charge in [-0.15, -0.1) is 5.10 Å². The van der Waals surface area contributed by atoms with E-state index in [9.17, 15) is 9.59 Å². The number of aryl methyl sites for hydroxylation is 2. The van der Waals surface area contributed by atoms with E-state index in [1.807, 2.05) is 19.9 Å². The number of carbonyl (C=O) groups excluding carboxylic acids is 1. The van der Waals surface area contributed by atoms with Crippen LogP contribution in [0.5, 0.6) is 11.5 Å². The fourth-order valence-corrected chi connectivity index (χ4v) is 4.03. The van der Waals surface area contributed by atoms with Crippen LogP contribution >= 0.6 is 0 Å². The van der Waals surface area contributed by atoms with Crippen LogP contribution in [0.1, 0.15) is 11.1 Å². The lowest BCUT2D eigenvalue weighted by atomic mass is 10.0. The monoisotopic (exact) mass is 472 g/mol. The molecular formula is C25H24N6O4. The molecule has 0 saturated heterocycles. The second-order valence-electron chi connectivity index (χ2n) is 8.23. The van der Waals surface area contributed by atoms with E-state index in [0.29, 0.717) is 28.4 Å². The highest BCUT2D eigenvalue weighted by Crippen LogP contribution is 2.30. The summed E-state index contributed by atoms with van der Waals surface area (Å²) in [5, 5.41) is 11.9. The molecule has 0 unspecified atom stereocenters. The molecule has 0 aliphatic rings. The highest BCUT2D eigenvalue weighted by atomic mass is 16.5. The van der Waals surface area contributed by atoms with E-state index in [1.54, 1.807) is 35.1 Å². The number of nitrogens with one attached hydrogen (secondary N) is 1. The average molecular weight is 473 g/mol. The summed E-state index contributed by atoms with van der Waals surface area (Å²) >= 11 is 0. The number of anilines is 1. The molecule has 10 nitrogen and oxygen atoms in total. The summed E-state index contributed by atoms with van der Waals surface area (Å²) in [6.07, 6.45) is 3.30. The molecule has 10 heteroatoms. The van der Waals surface area contributed by atoms with E-state index in [-0.39, 0.29) is 6.54 Å². The van der Waals surface area contributed by atoms with Gasteiger partial charge in [0.05, 0.1) is 19.9 Å². The molecule has 178 valence electrons. The van der Waals surface area contributed by atoms with Crippen LogP contribution in [0.3, 0.4) is 0 Å². The van der Waals surface area contributed by atoms with Gasteiger partial charge in [0.25, 0.3) is 0 Å². The fourth-order valence-electron chi connectivity index (χ4n) is 4.03. The zero-order chi connectivity index (χ0) is 24.7. The number of amides is 1. The number of aromatic nitrogens is 5. The Bertz CT molecular complexity index is 1650. The molecule has 0 spiro atoms. The van der Waals surface area contributed by atoms with Gasteiger partial charge in [0.2, 0.25) is 5.91 Å². The Morgan fingerprint density at radius 1 is 0.971 bits per heavy atom. The second-order valence-corrected chi connectivity index (χ2v) is 8.23. The van der Waals surface area contributed by atoms with E-state index in [0.717, 1.165) is 27.1 Å². The third kappa shape index (κ3) is 3.99. The number of benzene rings is 2. The van der Waals surface area contributed by atoms with Crippen molar-refractivity contribution in [1.29, 1.82) is 0 Å². The van der Waals surface area contributed by atoms with E-state index in [2.05, 4.69) is 33.7 Å². The SMILES string of the molecule is COc1ccc(NC(=O)Cn2nc3c4cc(-c5cc(C)ccc5C)nn4ccn3c2=O)cc1OC. The van der Waals surface area contributed by atoms with Gasteiger partial charge < -0.3 is 14.8 Å². The third-order valence-electron chi connectivity index (χ3n) is 5.82. The van der Waals surface area contributed by atoms with Gasteiger partial charge in [-0.05, 0) is 43.7 Å². The van der Waals surface area contributed by atoms with Crippen LogP contribution in [-0.2, 0) is 11.3 Å². The van der Waals surface area contributed by atoms with Crippen LogP contribution in [0.25, 0.3) is 22.4 Å². The predicted molar refractivity (Wildman–Crippen MR) is 131 cm³/mol. The number of methoxy groups -OCH3 is 2. The zero-order valence-corrected chi connectivity index (χ0v) is 19.8. The number of fused-ring (bicyclic) bond motifs is 3. The maximum Gasteiger partial charge on any atom is 0.350 e. The molecule has 2 aromatic carbocycles. The molecule has 0 radical (unpaired) electrons. The molecule has 3 aromatic heterocycles. The van der Waals surface area contributed by atoms with Crippen LogP contribution in [0, 0.1) is 13.8 Å². The zero-order valence-electron chi connectivity index (χ0n) is 19.8. The lowest BCUT2D eigenvalue weighted by molar-refractivity contribution is -0.117. The number of nitrogens with zero attached hydrogens (tertiary/aromatic N) is 5. The molecule has 35 heavy (non-hydrogen) atoms. The molecule has 0 saturated carbocycles. The third-order valence-corrected chi connectivity index (χ3v) is 5.82. The quantitative estimate of drug-likeness (QED) is 0.407. The summed E-state index contributed by atoms with van der Waals surface area (Å²) in [7, 11) is 3.05. The van der Waals surface area contributed by atoms with E-state index in [1.165, 1.54) is 18.6 Å². The van der Waals surface area contributed by atoms with Crippen molar-refractivity contribution in [3.63, 3.8) is 0 Å². The summed E-state index contributed by atoms with van der Waals surface area (Å²) in [6.45, 7) is 3.81. The molecule has 3 heterocycles. The van der Waals surface area contributed by atoms with Gasteiger partial charge in [-0.2, -0.15) is 5.10 Å². The molecule has 1 N–H and O–H groups in total. The van der Waals surface area contributed by atoms with Crippen molar-refractivity contribution in [2.24, 2.45) is 0 Å². The first kappa shape index (κ1) is 22.2. The lowest BCUT2D eigenvalue weighted by Gasteiger charge is -2.10. The Balaban J connectivity index is 1.46. The molecule has 0 aliphatic carbocycles. The van der Waals surface area contributed by atoms with Crippen LogP contribution in [0.4, 0.5) is 5.69 Å². The highest BCUT2D eigenvalue weighted by molar-refractivity contribution is 5.91. The minimum Gasteiger partial charge on any atom is -0.493 e. The number of ether oxygens (including phenoxy) is 2. The Labute approximate surface area is 200 Å². The first-order valence-electron chi connectivity index (χ1n) is 10.9. The number of carbonyl (C=O) groups is 1. The second kappa shape index (κ2) is 8.64. The molecule has 0 bridgehead atoms.